The zero-order valence-corrected chi connectivity index (χ0v) is 7.23. The average Bonchev–Trinajstić information content (AvgIpc) is 2.08. The summed E-state index contributed by atoms with van der Waals surface area (Å²) in [6.45, 7) is 4.00. The van der Waals surface area contributed by atoms with Gasteiger partial charge >= 0.3 is 0 Å². The Balaban J connectivity index is 0.000000561. The third-order valence-corrected chi connectivity index (χ3v) is 1.21. The van der Waals surface area contributed by atoms with Crippen LogP contribution in [0.1, 0.15) is 25.7 Å². The van der Waals surface area contributed by atoms with E-state index in [4.69, 9.17) is 15.3 Å². The summed E-state index contributed by atoms with van der Waals surface area (Å²) in [6, 6.07) is 6.07. The van der Waals surface area contributed by atoms with Crippen molar-refractivity contribution in [2.24, 2.45) is 0 Å². The van der Waals surface area contributed by atoms with E-state index >= 15 is 0 Å². The van der Waals surface area contributed by atoms with Gasteiger partial charge < -0.3 is 15.3 Å². The topological polar surface area (TPSA) is 60.7 Å². The van der Waals surface area contributed by atoms with Crippen LogP contribution in [0.5, 0.6) is 5.75 Å². The molecule has 0 saturated heterocycles. The molecule has 0 radical (unpaired) electrons. The first kappa shape index (κ1) is 10.9. The van der Waals surface area contributed by atoms with Gasteiger partial charge in [0, 0.05) is 5.56 Å². The van der Waals surface area contributed by atoms with Crippen molar-refractivity contribution >= 4 is 0 Å². The first-order valence-electron chi connectivity index (χ1n) is 3.86. The van der Waals surface area contributed by atoms with Gasteiger partial charge in [0.15, 0.2) is 6.29 Å². The standard InChI is InChI=1S/C7H8O3.C2H6/c8-6-4-2-1-3-5(6)7(9)10;1-2/h1-4,7-10H;1-2H3. The minimum atomic E-state index is -1.60. The van der Waals surface area contributed by atoms with Crippen LogP contribution in [0.25, 0.3) is 0 Å². The van der Waals surface area contributed by atoms with Crippen molar-refractivity contribution in [1.29, 1.82) is 0 Å². The van der Waals surface area contributed by atoms with Crippen LogP contribution in [-0.2, 0) is 0 Å². The predicted octanol–water partition coefficient (Wildman–Crippen LogP) is 1.40. The number of para-hydroxylation sites is 1. The Kier molecular flexibility index (Phi) is 5.08. The van der Waals surface area contributed by atoms with Gasteiger partial charge in [-0.05, 0) is 6.07 Å². The monoisotopic (exact) mass is 170 g/mol. The molecule has 0 aromatic heterocycles. The lowest BCUT2D eigenvalue weighted by molar-refractivity contribution is -0.0438. The van der Waals surface area contributed by atoms with Crippen molar-refractivity contribution in [1.82, 2.24) is 0 Å². The minimum Gasteiger partial charge on any atom is -0.507 e. The molecule has 0 aliphatic rings. The Morgan fingerprint density at radius 3 is 1.92 bits per heavy atom. The summed E-state index contributed by atoms with van der Waals surface area (Å²) in [5.41, 5.74) is 0.127. The smallest absolute Gasteiger partial charge is 0.182 e. The van der Waals surface area contributed by atoms with Crippen LogP contribution in [0.15, 0.2) is 24.3 Å². The highest BCUT2D eigenvalue weighted by molar-refractivity contribution is 5.32. The molecule has 1 aromatic carbocycles. The molecule has 0 bridgehead atoms. The lowest BCUT2D eigenvalue weighted by atomic mass is 10.2. The van der Waals surface area contributed by atoms with Crippen LogP contribution in [0.2, 0.25) is 0 Å². The van der Waals surface area contributed by atoms with Gasteiger partial charge in [-0.15, -0.1) is 0 Å². The number of rotatable bonds is 1. The van der Waals surface area contributed by atoms with E-state index in [1.807, 2.05) is 13.8 Å². The van der Waals surface area contributed by atoms with Crippen LogP contribution in [0.4, 0.5) is 0 Å². The highest BCUT2D eigenvalue weighted by atomic mass is 16.5. The summed E-state index contributed by atoms with van der Waals surface area (Å²) < 4.78 is 0. The number of aromatic hydroxyl groups is 1. The van der Waals surface area contributed by atoms with Crippen molar-refractivity contribution in [2.75, 3.05) is 0 Å². The van der Waals surface area contributed by atoms with E-state index in [1.54, 1.807) is 12.1 Å². The number of phenols is 1. The van der Waals surface area contributed by atoms with Gasteiger partial charge in [-0.1, -0.05) is 32.0 Å². The first-order valence-corrected chi connectivity index (χ1v) is 3.86. The maximum atomic E-state index is 8.96. The quantitative estimate of drug-likeness (QED) is 0.558. The van der Waals surface area contributed by atoms with Crippen molar-refractivity contribution in [3.8, 4) is 5.75 Å². The van der Waals surface area contributed by atoms with E-state index in [2.05, 4.69) is 0 Å². The third kappa shape index (κ3) is 2.90. The van der Waals surface area contributed by atoms with Gasteiger partial charge in [0.2, 0.25) is 0 Å². The first-order chi connectivity index (χ1) is 5.72. The van der Waals surface area contributed by atoms with Gasteiger partial charge in [0.25, 0.3) is 0 Å². The summed E-state index contributed by atoms with van der Waals surface area (Å²) in [5.74, 6) is -0.0995. The van der Waals surface area contributed by atoms with E-state index in [-0.39, 0.29) is 11.3 Å². The Hall–Kier alpha value is -1.06. The molecule has 1 rings (SSSR count). The van der Waals surface area contributed by atoms with E-state index in [0.717, 1.165) is 0 Å². The Morgan fingerprint density at radius 1 is 1.08 bits per heavy atom. The van der Waals surface area contributed by atoms with Crippen molar-refractivity contribution in [3.63, 3.8) is 0 Å². The molecule has 68 valence electrons. The zero-order valence-electron chi connectivity index (χ0n) is 7.23. The molecule has 3 nitrogen and oxygen atoms in total. The summed E-state index contributed by atoms with van der Waals surface area (Å²) in [7, 11) is 0. The van der Waals surface area contributed by atoms with Crippen molar-refractivity contribution < 1.29 is 15.3 Å². The molecular weight excluding hydrogens is 156 g/mol. The molecule has 12 heavy (non-hydrogen) atoms. The predicted molar refractivity (Wildman–Crippen MR) is 46.6 cm³/mol. The second-order valence-electron chi connectivity index (χ2n) is 1.93. The van der Waals surface area contributed by atoms with E-state index < -0.39 is 6.29 Å². The van der Waals surface area contributed by atoms with Gasteiger partial charge in [-0.3, -0.25) is 0 Å². The number of phenolic OH excluding ortho intramolecular Hbond substituents is 1. The van der Waals surface area contributed by atoms with Crippen LogP contribution >= 0.6 is 0 Å². The van der Waals surface area contributed by atoms with E-state index in [0.29, 0.717) is 0 Å². The molecule has 3 N–H and O–H groups in total. The fourth-order valence-electron chi connectivity index (χ4n) is 0.706. The fraction of sp³-hybridized carbons (Fsp3) is 0.333. The third-order valence-electron chi connectivity index (χ3n) is 1.21. The molecule has 1 aromatic rings. The number of aliphatic hydroxyl groups excluding tert-OH is 1. The van der Waals surface area contributed by atoms with Crippen LogP contribution in [0.3, 0.4) is 0 Å². The number of benzene rings is 1. The Labute approximate surface area is 71.9 Å². The zero-order chi connectivity index (χ0) is 9.56. The molecule has 0 atom stereocenters. The molecular formula is C9H14O3. The van der Waals surface area contributed by atoms with Gasteiger partial charge in [0.05, 0.1) is 0 Å². The summed E-state index contributed by atoms with van der Waals surface area (Å²) in [6.07, 6.45) is -1.60. The van der Waals surface area contributed by atoms with Gasteiger partial charge in [-0.25, -0.2) is 0 Å². The maximum absolute atomic E-state index is 8.96. The second-order valence-corrected chi connectivity index (χ2v) is 1.93. The summed E-state index contributed by atoms with van der Waals surface area (Å²) in [5, 5.41) is 26.2. The molecule has 0 spiro atoms. The molecule has 3 heteroatoms. The normalized spacial score (nSPS) is 9.08. The van der Waals surface area contributed by atoms with Crippen molar-refractivity contribution in [2.45, 2.75) is 20.1 Å². The molecule has 0 aliphatic carbocycles. The highest BCUT2D eigenvalue weighted by Gasteiger charge is 2.05. The fourth-order valence-corrected chi connectivity index (χ4v) is 0.706. The molecule has 0 unspecified atom stereocenters. The largest absolute Gasteiger partial charge is 0.507 e. The highest BCUT2D eigenvalue weighted by Crippen LogP contribution is 2.20. The number of hydrogen-bond acceptors (Lipinski definition) is 3. The maximum Gasteiger partial charge on any atom is 0.182 e. The van der Waals surface area contributed by atoms with Crippen LogP contribution in [-0.4, -0.2) is 15.3 Å². The Morgan fingerprint density at radius 2 is 1.58 bits per heavy atom. The number of aliphatic hydroxyl groups is 2. The van der Waals surface area contributed by atoms with Crippen LogP contribution < -0.4 is 0 Å². The SMILES string of the molecule is CC.Oc1ccccc1C(O)O. The Bertz CT molecular complexity index is 221. The summed E-state index contributed by atoms with van der Waals surface area (Å²) in [4.78, 5) is 0. The average molecular weight is 170 g/mol. The minimum absolute atomic E-state index is 0.0995. The van der Waals surface area contributed by atoms with Crippen molar-refractivity contribution in [3.05, 3.63) is 29.8 Å². The van der Waals surface area contributed by atoms with Gasteiger partial charge in [-0.2, -0.15) is 0 Å². The number of hydrogen-bond donors (Lipinski definition) is 3. The molecule has 0 amide bonds. The van der Waals surface area contributed by atoms with Gasteiger partial charge in [0.1, 0.15) is 5.75 Å². The van der Waals surface area contributed by atoms with Crippen LogP contribution in [0, 0.1) is 0 Å². The molecule has 0 heterocycles. The second kappa shape index (κ2) is 5.57. The van der Waals surface area contributed by atoms with E-state index in [9.17, 15) is 0 Å². The molecule has 0 saturated carbocycles. The molecule has 0 aliphatic heterocycles. The lowest BCUT2D eigenvalue weighted by Crippen LogP contribution is -1.93. The van der Waals surface area contributed by atoms with E-state index in [1.165, 1.54) is 12.1 Å². The summed E-state index contributed by atoms with van der Waals surface area (Å²) >= 11 is 0. The molecule has 0 fully saturated rings. The lowest BCUT2D eigenvalue weighted by Gasteiger charge is -2.04.